The molecule has 0 radical (unpaired) electrons. The molecule has 1 aromatic rings. The number of aryl methyl sites for hydroxylation is 1. The highest BCUT2D eigenvalue weighted by Crippen LogP contribution is 1.98. The molecule has 1 N–H and O–H groups in total. The van der Waals surface area contributed by atoms with Crippen molar-refractivity contribution in [1.82, 2.24) is 14.9 Å². The summed E-state index contributed by atoms with van der Waals surface area (Å²) in [6.45, 7) is 0.784. The van der Waals surface area contributed by atoms with E-state index in [1.807, 2.05) is 0 Å². The number of hydrogen-bond acceptors (Lipinski definition) is 3. The minimum atomic E-state index is -0.216. The maximum atomic E-state index is 11.6. The van der Waals surface area contributed by atoms with Crippen LogP contribution in [0, 0.1) is 0 Å². The molecule has 0 saturated heterocycles. The average molecular weight is 232 g/mol. The fraction of sp³-hybridized carbons (Fsp3) is 0.556. The number of carbonyl (C=O) groups excluding carboxylic acids is 1. The number of carbonyl (C=O) groups is 1. The zero-order valence-corrected chi connectivity index (χ0v) is 9.49. The zero-order valence-electron chi connectivity index (χ0n) is 8.74. The minimum absolute atomic E-state index is 0.184. The Morgan fingerprint density at radius 3 is 3.07 bits per heavy atom. The van der Waals surface area contributed by atoms with Crippen molar-refractivity contribution in [1.29, 1.82) is 0 Å². The first-order chi connectivity index (χ1) is 7.15. The molecule has 0 aliphatic heterocycles. The minimum Gasteiger partial charge on any atom is -0.383 e. The van der Waals surface area contributed by atoms with Crippen LogP contribution in [0.5, 0.6) is 0 Å². The highest BCUT2D eigenvalue weighted by Gasteiger charge is 2.11. The average Bonchev–Trinajstić information content (AvgIpc) is 2.61. The van der Waals surface area contributed by atoms with Crippen molar-refractivity contribution < 1.29 is 9.53 Å². The molecule has 0 aromatic carbocycles. The van der Waals surface area contributed by atoms with Gasteiger partial charge in [-0.15, -0.1) is 11.6 Å². The second kappa shape index (κ2) is 5.72. The van der Waals surface area contributed by atoms with Gasteiger partial charge in [0.15, 0.2) is 0 Å². The first-order valence-electron chi connectivity index (χ1n) is 4.52. The van der Waals surface area contributed by atoms with Crippen molar-refractivity contribution in [3.8, 4) is 0 Å². The molecule has 84 valence electrons. The Morgan fingerprint density at radius 2 is 2.53 bits per heavy atom. The van der Waals surface area contributed by atoms with Gasteiger partial charge in [0.2, 0.25) is 0 Å². The molecule has 1 unspecified atom stereocenters. The third kappa shape index (κ3) is 3.53. The van der Waals surface area contributed by atoms with Crippen LogP contribution in [0.2, 0.25) is 0 Å². The maximum absolute atomic E-state index is 11.6. The van der Waals surface area contributed by atoms with E-state index in [1.54, 1.807) is 25.1 Å². The summed E-state index contributed by atoms with van der Waals surface area (Å²) in [5.74, 6) is -0.184. The van der Waals surface area contributed by atoms with Crippen LogP contribution in [0.3, 0.4) is 0 Å². The van der Waals surface area contributed by atoms with Gasteiger partial charge in [0.05, 0.1) is 24.5 Å². The fourth-order valence-electron chi connectivity index (χ4n) is 1.11. The number of amides is 1. The number of ether oxygens (including phenoxy) is 1. The Bertz CT molecular complexity index is 327. The number of hydrogen-bond donors (Lipinski definition) is 1. The lowest BCUT2D eigenvalue weighted by atomic mass is 10.4. The van der Waals surface area contributed by atoms with Crippen LogP contribution in [0.4, 0.5) is 0 Å². The summed E-state index contributed by atoms with van der Waals surface area (Å²) in [7, 11) is 3.33. The molecule has 0 aliphatic rings. The quantitative estimate of drug-likeness (QED) is 0.747. The normalized spacial score (nSPS) is 12.5. The highest BCUT2D eigenvalue weighted by molar-refractivity contribution is 6.21. The van der Waals surface area contributed by atoms with Gasteiger partial charge in [-0.25, -0.2) is 4.98 Å². The lowest BCUT2D eigenvalue weighted by Crippen LogP contribution is -2.32. The van der Waals surface area contributed by atoms with Gasteiger partial charge in [0.1, 0.15) is 5.69 Å². The summed E-state index contributed by atoms with van der Waals surface area (Å²) < 4.78 is 6.50. The predicted octanol–water partition coefficient (Wildman–Crippen LogP) is 0.404. The summed E-state index contributed by atoms with van der Waals surface area (Å²) >= 11 is 5.86. The van der Waals surface area contributed by atoms with Crippen molar-refractivity contribution in [3.63, 3.8) is 0 Å². The summed E-state index contributed by atoms with van der Waals surface area (Å²) in [5.41, 5.74) is 0.510. The third-order valence-electron chi connectivity index (χ3n) is 1.88. The molecule has 1 rings (SSSR count). The number of rotatable bonds is 5. The zero-order chi connectivity index (χ0) is 11.3. The number of imidazole rings is 1. The smallest absolute Gasteiger partial charge is 0.269 e. The van der Waals surface area contributed by atoms with Crippen LogP contribution < -0.4 is 5.32 Å². The van der Waals surface area contributed by atoms with Gasteiger partial charge < -0.3 is 14.6 Å². The molecule has 6 heteroatoms. The Hall–Kier alpha value is -1.07. The van der Waals surface area contributed by atoms with E-state index in [1.165, 1.54) is 6.20 Å². The van der Waals surface area contributed by atoms with E-state index < -0.39 is 0 Å². The molecule has 0 spiro atoms. The van der Waals surface area contributed by atoms with Crippen molar-refractivity contribution in [2.75, 3.05) is 20.3 Å². The van der Waals surface area contributed by atoms with E-state index in [0.717, 1.165) is 0 Å². The van der Waals surface area contributed by atoms with Crippen LogP contribution in [0.25, 0.3) is 0 Å². The molecule has 1 amide bonds. The van der Waals surface area contributed by atoms with Crippen molar-refractivity contribution in [2.24, 2.45) is 7.05 Å². The topological polar surface area (TPSA) is 56.1 Å². The molecule has 15 heavy (non-hydrogen) atoms. The summed E-state index contributed by atoms with van der Waals surface area (Å²) in [6.07, 6.45) is 3.08. The van der Waals surface area contributed by atoms with Gasteiger partial charge in [-0.05, 0) is 0 Å². The molecule has 0 aliphatic carbocycles. The largest absolute Gasteiger partial charge is 0.383 e. The van der Waals surface area contributed by atoms with E-state index in [4.69, 9.17) is 16.3 Å². The number of nitrogens with one attached hydrogen (secondary N) is 1. The Labute approximate surface area is 93.4 Å². The molecule has 0 saturated carbocycles. The van der Waals surface area contributed by atoms with Crippen molar-refractivity contribution >= 4 is 17.5 Å². The lowest BCUT2D eigenvalue weighted by Gasteiger charge is -2.09. The monoisotopic (exact) mass is 231 g/mol. The van der Waals surface area contributed by atoms with Gasteiger partial charge in [0.25, 0.3) is 5.91 Å². The summed E-state index contributed by atoms with van der Waals surface area (Å²) in [4.78, 5) is 15.4. The van der Waals surface area contributed by atoms with Gasteiger partial charge in [0, 0.05) is 20.7 Å². The van der Waals surface area contributed by atoms with Crippen molar-refractivity contribution in [3.05, 3.63) is 18.2 Å². The van der Waals surface area contributed by atoms with Gasteiger partial charge in [-0.1, -0.05) is 0 Å². The Morgan fingerprint density at radius 1 is 1.80 bits per heavy atom. The van der Waals surface area contributed by atoms with Crippen molar-refractivity contribution in [2.45, 2.75) is 5.38 Å². The van der Waals surface area contributed by atoms with Crippen LogP contribution in [-0.2, 0) is 11.8 Å². The van der Waals surface area contributed by atoms with E-state index in [0.29, 0.717) is 18.8 Å². The number of halogens is 1. The first-order valence-corrected chi connectivity index (χ1v) is 4.96. The standard InChI is InChI=1S/C9H14ClN3O2/c1-13-6-11-4-8(13)9(14)12-3-7(10)5-15-2/h4,6-7H,3,5H2,1-2H3,(H,12,14). The predicted molar refractivity (Wildman–Crippen MR) is 57.1 cm³/mol. The molecule has 1 heterocycles. The summed E-state index contributed by atoms with van der Waals surface area (Å²) in [6, 6.07) is 0. The molecule has 5 nitrogen and oxygen atoms in total. The highest BCUT2D eigenvalue weighted by atomic mass is 35.5. The van der Waals surface area contributed by atoms with Crippen LogP contribution in [-0.4, -0.2) is 41.1 Å². The summed E-state index contributed by atoms with van der Waals surface area (Å²) in [5, 5.41) is 2.48. The molecule has 0 bridgehead atoms. The number of aromatic nitrogens is 2. The maximum Gasteiger partial charge on any atom is 0.269 e. The van der Waals surface area contributed by atoms with Gasteiger partial charge in [-0.3, -0.25) is 4.79 Å². The number of nitrogens with zero attached hydrogens (tertiary/aromatic N) is 2. The van der Waals surface area contributed by atoms with Crippen LogP contribution >= 0.6 is 11.6 Å². The van der Waals surface area contributed by atoms with Crippen LogP contribution in [0.15, 0.2) is 12.5 Å². The molecule has 0 fully saturated rings. The van der Waals surface area contributed by atoms with Gasteiger partial charge in [-0.2, -0.15) is 0 Å². The molecule has 1 aromatic heterocycles. The first kappa shape index (κ1) is 12.0. The van der Waals surface area contributed by atoms with E-state index in [2.05, 4.69) is 10.3 Å². The van der Waals surface area contributed by atoms with E-state index in [9.17, 15) is 4.79 Å². The second-order valence-corrected chi connectivity index (χ2v) is 3.77. The third-order valence-corrected chi connectivity index (χ3v) is 2.16. The lowest BCUT2D eigenvalue weighted by molar-refractivity contribution is 0.0941. The number of alkyl halides is 1. The molecular formula is C9H14ClN3O2. The Balaban J connectivity index is 2.40. The Kier molecular flexibility index (Phi) is 4.58. The molecular weight excluding hydrogens is 218 g/mol. The fourth-order valence-corrected chi connectivity index (χ4v) is 1.31. The second-order valence-electron chi connectivity index (χ2n) is 3.15. The molecule has 1 atom stereocenters. The SMILES string of the molecule is COCC(Cl)CNC(=O)c1cncn1C. The van der Waals surface area contributed by atoms with E-state index >= 15 is 0 Å². The van der Waals surface area contributed by atoms with E-state index in [-0.39, 0.29) is 11.3 Å². The van der Waals surface area contributed by atoms with Crippen LogP contribution in [0.1, 0.15) is 10.5 Å². The van der Waals surface area contributed by atoms with Gasteiger partial charge >= 0.3 is 0 Å². The number of methoxy groups -OCH3 is 1.